The zero-order valence-corrected chi connectivity index (χ0v) is 13.1. The molecule has 2 aromatic heterocycles. The van der Waals surface area contributed by atoms with Crippen LogP contribution in [-0.4, -0.2) is 28.4 Å². The van der Waals surface area contributed by atoms with Gasteiger partial charge in [0.15, 0.2) is 0 Å². The van der Waals surface area contributed by atoms with Gasteiger partial charge in [-0.25, -0.2) is 9.07 Å². The van der Waals surface area contributed by atoms with Crippen molar-refractivity contribution in [1.82, 2.24) is 15.1 Å². The molecule has 3 aromatic rings. The number of carbonyl (C=O) groups excluding carboxylic acids is 1. The lowest BCUT2D eigenvalue weighted by molar-refractivity contribution is -0.123. The number of halogens is 4. The number of alkyl halides is 3. The van der Waals surface area contributed by atoms with E-state index in [0.29, 0.717) is 21.6 Å². The van der Waals surface area contributed by atoms with Crippen LogP contribution < -0.4 is 5.32 Å². The Labute approximate surface area is 137 Å². The highest BCUT2D eigenvalue weighted by molar-refractivity contribution is 7.20. The van der Waals surface area contributed by atoms with Crippen LogP contribution in [0.1, 0.15) is 15.4 Å². The number of fused-ring (bicyclic) bond motifs is 1. The lowest BCUT2D eigenvalue weighted by Crippen LogP contribution is -2.33. The highest BCUT2D eigenvalue weighted by atomic mass is 32.1. The predicted molar refractivity (Wildman–Crippen MR) is 82.0 cm³/mol. The van der Waals surface area contributed by atoms with Crippen LogP contribution in [0.2, 0.25) is 0 Å². The topological polar surface area (TPSA) is 46.9 Å². The number of rotatable bonds is 3. The van der Waals surface area contributed by atoms with Crippen molar-refractivity contribution in [2.75, 3.05) is 6.54 Å². The summed E-state index contributed by atoms with van der Waals surface area (Å²) in [6.07, 6.45) is -4.47. The van der Waals surface area contributed by atoms with Crippen molar-refractivity contribution < 1.29 is 22.4 Å². The van der Waals surface area contributed by atoms with Gasteiger partial charge in [-0.05, 0) is 37.3 Å². The number of thiophene rings is 1. The summed E-state index contributed by atoms with van der Waals surface area (Å²) in [6.45, 7) is 0.343. The zero-order valence-electron chi connectivity index (χ0n) is 12.3. The monoisotopic (exact) mass is 357 g/mol. The van der Waals surface area contributed by atoms with Crippen molar-refractivity contribution in [1.29, 1.82) is 0 Å². The van der Waals surface area contributed by atoms with E-state index in [-0.39, 0.29) is 4.88 Å². The molecule has 1 aromatic carbocycles. The average molecular weight is 357 g/mol. The normalized spacial score (nSPS) is 11.9. The molecule has 0 radical (unpaired) electrons. The van der Waals surface area contributed by atoms with Gasteiger partial charge >= 0.3 is 6.18 Å². The standard InChI is InChI=1S/C15H11F4N3OS/c1-8-11-6-12(13(23)20-7-15(17,18)19)24-14(11)22(21-8)10-4-2-9(16)3-5-10/h2-6H,7H2,1H3,(H,20,23). The summed E-state index contributed by atoms with van der Waals surface area (Å²) in [4.78, 5) is 12.6. The van der Waals surface area contributed by atoms with Gasteiger partial charge in [0.25, 0.3) is 5.91 Å². The summed E-state index contributed by atoms with van der Waals surface area (Å²) >= 11 is 1.03. The molecule has 9 heteroatoms. The van der Waals surface area contributed by atoms with Crippen LogP contribution >= 0.6 is 11.3 Å². The van der Waals surface area contributed by atoms with Gasteiger partial charge in [0, 0.05) is 5.39 Å². The van der Waals surface area contributed by atoms with Crippen molar-refractivity contribution in [2.24, 2.45) is 0 Å². The Balaban J connectivity index is 1.95. The second-order valence-corrected chi connectivity index (χ2v) is 6.13. The minimum Gasteiger partial charge on any atom is -0.342 e. The molecule has 0 bridgehead atoms. The molecule has 4 nitrogen and oxygen atoms in total. The summed E-state index contributed by atoms with van der Waals surface area (Å²) in [5, 5.41) is 6.84. The fraction of sp³-hybridized carbons (Fsp3) is 0.200. The van der Waals surface area contributed by atoms with Crippen molar-refractivity contribution in [3.05, 3.63) is 46.7 Å². The van der Waals surface area contributed by atoms with Gasteiger partial charge in [0.2, 0.25) is 0 Å². The van der Waals surface area contributed by atoms with Crippen LogP contribution in [0, 0.1) is 12.7 Å². The number of nitrogens with zero attached hydrogens (tertiary/aromatic N) is 2. The van der Waals surface area contributed by atoms with Crippen LogP contribution in [0.5, 0.6) is 0 Å². The van der Waals surface area contributed by atoms with Crippen LogP contribution in [0.4, 0.5) is 17.6 Å². The fourth-order valence-corrected chi connectivity index (χ4v) is 3.28. The van der Waals surface area contributed by atoms with Crippen LogP contribution in [0.25, 0.3) is 15.9 Å². The van der Waals surface area contributed by atoms with Crippen LogP contribution in [0.3, 0.4) is 0 Å². The molecule has 3 rings (SSSR count). The van der Waals surface area contributed by atoms with E-state index in [1.54, 1.807) is 6.92 Å². The number of hydrogen-bond donors (Lipinski definition) is 1. The number of aryl methyl sites for hydroxylation is 1. The van der Waals surface area contributed by atoms with E-state index in [9.17, 15) is 22.4 Å². The van der Waals surface area contributed by atoms with E-state index in [2.05, 4.69) is 5.10 Å². The molecular weight excluding hydrogens is 346 g/mol. The van der Waals surface area contributed by atoms with Crippen molar-refractivity contribution in [3.63, 3.8) is 0 Å². The summed E-state index contributed by atoms with van der Waals surface area (Å²) in [6, 6.07) is 7.13. The molecule has 1 N–H and O–H groups in total. The second-order valence-electron chi connectivity index (χ2n) is 5.10. The molecule has 0 aliphatic carbocycles. The van der Waals surface area contributed by atoms with E-state index in [1.165, 1.54) is 35.0 Å². The molecule has 0 atom stereocenters. The Morgan fingerprint density at radius 3 is 2.58 bits per heavy atom. The third kappa shape index (κ3) is 3.25. The van der Waals surface area contributed by atoms with Gasteiger partial charge in [0.1, 0.15) is 17.2 Å². The van der Waals surface area contributed by atoms with E-state index >= 15 is 0 Å². The minimum atomic E-state index is -4.47. The fourth-order valence-electron chi connectivity index (χ4n) is 2.18. The maximum absolute atomic E-state index is 13.0. The van der Waals surface area contributed by atoms with Gasteiger partial charge < -0.3 is 5.32 Å². The molecule has 0 saturated heterocycles. The van der Waals surface area contributed by atoms with Gasteiger partial charge in [-0.15, -0.1) is 11.3 Å². The molecule has 0 saturated carbocycles. The second kappa shape index (κ2) is 5.90. The molecule has 126 valence electrons. The van der Waals surface area contributed by atoms with Crippen LogP contribution in [-0.2, 0) is 0 Å². The number of aromatic nitrogens is 2. The third-order valence-corrected chi connectivity index (χ3v) is 4.40. The Bertz CT molecular complexity index is 896. The molecule has 0 aliphatic heterocycles. The van der Waals surface area contributed by atoms with E-state index < -0.39 is 24.4 Å². The van der Waals surface area contributed by atoms with Crippen molar-refractivity contribution in [2.45, 2.75) is 13.1 Å². The largest absolute Gasteiger partial charge is 0.405 e. The van der Waals surface area contributed by atoms with Crippen molar-refractivity contribution in [3.8, 4) is 5.69 Å². The maximum Gasteiger partial charge on any atom is 0.405 e. The average Bonchev–Trinajstić information content (AvgIpc) is 3.06. The Hall–Kier alpha value is -2.42. The van der Waals surface area contributed by atoms with Gasteiger partial charge in [0.05, 0.1) is 16.3 Å². The lowest BCUT2D eigenvalue weighted by atomic mass is 10.3. The number of benzene rings is 1. The van der Waals surface area contributed by atoms with Gasteiger partial charge in [-0.2, -0.15) is 18.3 Å². The first kappa shape index (κ1) is 16.4. The third-order valence-electron chi connectivity index (χ3n) is 3.29. The number of nitrogens with one attached hydrogen (secondary N) is 1. The van der Waals surface area contributed by atoms with Gasteiger partial charge in [-0.3, -0.25) is 4.79 Å². The van der Waals surface area contributed by atoms with Gasteiger partial charge in [-0.1, -0.05) is 0 Å². The summed E-state index contributed by atoms with van der Waals surface area (Å²) in [5.41, 5.74) is 1.22. The highest BCUT2D eigenvalue weighted by Gasteiger charge is 2.28. The quantitative estimate of drug-likeness (QED) is 0.725. The number of amides is 1. The summed E-state index contributed by atoms with van der Waals surface area (Å²) in [5.74, 6) is -1.18. The predicted octanol–water partition coefficient (Wildman–Crippen LogP) is 3.83. The highest BCUT2D eigenvalue weighted by Crippen LogP contribution is 2.30. The maximum atomic E-state index is 13.0. The van der Waals surface area contributed by atoms with E-state index in [4.69, 9.17) is 0 Å². The zero-order chi connectivity index (χ0) is 17.5. The molecular formula is C15H11F4N3OS. The first-order valence-corrected chi connectivity index (χ1v) is 7.66. The lowest BCUT2D eigenvalue weighted by Gasteiger charge is -2.06. The number of hydrogen-bond acceptors (Lipinski definition) is 3. The Morgan fingerprint density at radius 2 is 1.96 bits per heavy atom. The molecule has 0 fully saturated rings. The molecule has 0 unspecified atom stereocenters. The minimum absolute atomic E-state index is 0.158. The Kier molecular flexibility index (Phi) is 4.04. The molecule has 0 aliphatic rings. The van der Waals surface area contributed by atoms with Crippen molar-refractivity contribution >= 4 is 27.5 Å². The molecule has 24 heavy (non-hydrogen) atoms. The van der Waals surface area contributed by atoms with E-state index in [1.807, 2.05) is 5.32 Å². The SMILES string of the molecule is Cc1nn(-c2ccc(F)cc2)c2sc(C(=O)NCC(F)(F)F)cc12. The Morgan fingerprint density at radius 1 is 1.29 bits per heavy atom. The summed E-state index contributed by atoms with van der Waals surface area (Å²) < 4.78 is 51.2. The first-order chi connectivity index (χ1) is 11.2. The first-order valence-electron chi connectivity index (χ1n) is 6.84. The summed E-state index contributed by atoms with van der Waals surface area (Å²) in [7, 11) is 0. The smallest absolute Gasteiger partial charge is 0.342 e. The molecule has 2 heterocycles. The van der Waals surface area contributed by atoms with Crippen LogP contribution in [0.15, 0.2) is 30.3 Å². The van der Waals surface area contributed by atoms with E-state index in [0.717, 1.165) is 11.3 Å². The number of carbonyl (C=O) groups is 1. The molecule has 1 amide bonds. The molecule has 0 spiro atoms.